The van der Waals surface area contributed by atoms with Gasteiger partial charge in [0.05, 0.1) is 13.2 Å². The minimum absolute atomic E-state index is 0.0996. The van der Waals surface area contributed by atoms with Gasteiger partial charge in [-0.25, -0.2) is 14.4 Å². The number of aromatic nitrogens is 5. The molecular weight excluding hydrogens is 531 g/mol. The molecule has 9 heteroatoms. The summed E-state index contributed by atoms with van der Waals surface area (Å²) in [6.07, 6.45) is 10.00. The molecule has 214 valence electrons. The number of imidazole rings is 1. The molecule has 8 nitrogen and oxygen atoms in total. The van der Waals surface area contributed by atoms with E-state index < -0.39 is 0 Å². The summed E-state index contributed by atoms with van der Waals surface area (Å²) in [6.45, 7) is 4.02. The number of halogens is 1. The topological polar surface area (TPSA) is 81.0 Å². The van der Waals surface area contributed by atoms with Crippen LogP contribution in [0.25, 0.3) is 39.2 Å². The van der Waals surface area contributed by atoms with Gasteiger partial charge in [0, 0.05) is 73.5 Å². The van der Waals surface area contributed by atoms with Gasteiger partial charge >= 0.3 is 0 Å². The van der Waals surface area contributed by atoms with Gasteiger partial charge in [-0.3, -0.25) is 14.3 Å². The molecule has 2 saturated carbocycles. The lowest BCUT2D eigenvalue weighted by Gasteiger charge is -2.25. The number of aromatic amines is 1. The van der Waals surface area contributed by atoms with Gasteiger partial charge in [-0.05, 0) is 78.6 Å². The van der Waals surface area contributed by atoms with Crippen molar-refractivity contribution in [1.29, 1.82) is 0 Å². The lowest BCUT2D eigenvalue weighted by atomic mass is 9.98. The monoisotopic (exact) mass is 564 g/mol. The first-order chi connectivity index (χ1) is 20.5. The van der Waals surface area contributed by atoms with E-state index in [1.165, 1.54) is 17.7 Å². The van der Waals surface area contributed by atoms with E-state index in [0.29, 0.717) is 34.6 Å². The van der Waals surface area contributed by atoms with E-state index in [4.69, 9.17) is 9.72 Å². The van der Waals surface area contributed by atoms with Crippen molar-refractivity contribution in [3.05, 3.63) is 88.1 Å². The van der Waals surface area contributed by atoms with Gasteiger partial charge in [-0.15, -0.1) is 0 Å². The molecule has 42 heavy (non-hydrogen) atoms. The van der Waals surface area contributed by atoms with Crippen molar-refractivity contribution in [1.82, 2.24) is 29.0 Å². The molecule has 2 aliphatic carbocycles. The number of nitrogens with zero attached hydrogens (tertiary/aromatic N) is 5. The number of aryl methyl sites for hydroxylation is 1. The molecule has 1 aromatic carbocycles. The average molecular weight is 565 g/mol. The van der Waals surface area contributed by atoms with Crippen molar-refractivity contribution < 1.29 is 9.13 Å². The number of rotatable bonds is 7. The number of morpholine rings is 1. The number of nitrogens with one attached hydrogen (secondary N) is 1. The van der Waals surface area contributed by atoms with Crippen LogP contribution in [0.5, 0.6) is 0 Å². The predicted octanol–water partition coefficient (Wildman–Crippen LogP) is 5.51. The van der Waals surface area contributed by atoms with Crippen molar-refractivity contribution in [3.8, 4) is 28.3 Å². The van der Waals surface area contributed by atoms with Gasteiger partial charge in [0.2, 0.25) is 0 Å². The Morgan fingerprint density at radius 3 is 2.57 bits per heavy atom. The van der Waals surface area contributed by atoms with E-state index in [9.17, 15) is 9.18 Å². The number of hydrogen-bond donors (Lipinski definition) is 1. The first kappa shape index (κ1) is 25.6. The second-order valence-electron chi connectivity index (χ2n) is 12.0. The lowest BCUT2D eigenvalue weighted by Crippen LogP contribution is -2.35. The smallest absolute Gasteiger partial charge is 0.280 e. The third-order valence-corrected chi connectivity index (χ3v) is 8.83. The maximum Gasteiger partial charge on any atom is 0.280 e. The zero-order chi connectivity index (χ0) is 28.4. The van der Waals surface area contributed by atoms with Crippen molar-refractivity contribution in [2.45, 2.75) is 44.1 Å². The molecule has 3 aliphatic rings. The van der Waals surface area contributed by atoms with Crippen LogP contribution in [-0.2, 0) is 18.3 Å². The highest BCUT2D eigenvalue weighted by Gasteiger charge is 2.30. The fourth-order valence-corrected chi connectivity index (χ4v) is 6.25. The quantitative estimate of drug-likeness (QED) is 0.282. The summed E-state index contributed by atoms with van der Waals surface area (Å²) in [4.78, 5) is 29.5. The molecule has 0 radical (unpaired) electrons. The standard InChI is InChI=1S/C33H33FN6O2/c1-38-9-8-35-32(38)27-16-23(34)6-7-25(27)22-14-29(21-4-5-21)37-30(15-22)40-19-28(20-2-3-20)26-17-24(36-31(26)33(40)41)18-39-10-12-42-13-11-39/h6-9,14-17,19-21,36H,2-5,10-13,18H2,1H3. The minimum atomic E-state index is -0.316. The Kier molecular flexibility index (Phi) is 6.12. The van der Waals surface area contributed by atoms with Gasteiger partial charge in [0.15, 0.2) is 0 Å². The summed E-state index contributed by atoms with van der Waals surface area (Å²) in [7, 11) is 1.91. The van der Waals surface area contributed by atoms with Crippen LogP contribution in [0, 0.1) is 5.82 Å². The molecule has 1 N–H and O–H groups in total. The Balaban J connectivity index is 1.28. The van der Waals surface area contributed by atoms with Crippen LogP contribution < -0.4 is 5.56 Å². The summed E-state index contributed by atoms with van der Waals surface area (Å²) >= 11 is 0. The molecule has 0 atom stereocenters. The maximum atomic E-state index is 14.5. The van der Waals surface area contributed by atoms with E-state index in [2.05, 4.69) is 27.0 Å². The van der Waals surface area contributed by atoms with Crippen LogP contribution in [0.4, 0.5) is 4.39 Å². The molecule has 0 spiro atoms. The molecule has 5 heterocycles. The van der Waals surface area contributed by atoms with Crippen molar-refractivity contribution >= 4 is 10.9 Å². The number of H-pyrrole nitrogens is 1. The van der Waals surface area contributed by atoms with E-state index in [-0.39, 0.29) is 11.4 Å². The molecule has 0 amide bonds. The van der Waals surface area contributed by atoms with Gasteiger partial charge in [0.1, 0.15) is 23.0 Å². The molecule has 5 aromatic rings. The maximum absolute atomic E-state index is 14.5. The van der Waals surface area contributed by atoms with E-state index in [1.54, 1.807) is 16.8 Å². The zero-order valence-electron chi connectivity index (χ0n) is 23.6. The third kappa shape index (κ3) is 4.66. The SMILES string of the molecule is Cn1ccnc1-c1cc(F)ccc1-c1cc(C2CC2)nc(-n2cc(C3CC3)c3cc(CN4CCOCC4)[nH]c3c2=O)c1. The van der Waals surface area contributed by atoms with Crippen molar-refractivity contribution in [2.24, 2.45) is 7.05 Å². The number of fused-ring (bicyclic) bond motifs is 1. The summed E-state index contributed by atoms with van der Waals surface area (Å²) < 4.78 is 23.7. The van der Waals surface area contributed by atoms with Gasteiger partial charge in [-0.1, -0.05) is 6.07 Å². The van der Waals surface area contributed by atoms with E-state index in [0.717, 1.165) is 86.4 Å². The van der Waals surface area contributed by atoms with Crippen molar-refractivity contribution in [2.75, 3.05) is 26.3 Å². The Morgan fingerprint density at radius 2 is 1.83 bits per heavy atom. The van der Waals surface area contributed by atoms with E-state index >= 15 is 0 Å². The molecule has 1 saturated heterocycles. The van der Waals surface area contributed by atoms with Gasteiger partial charge in [-0.2, -0.15) is 0 Å². The van der Waals surface area contributed by atoms with Gasteiger partial charge < -0.3 is 14.3 Å². The average Bonchev–Trinajstić information content (AvgIpc) is 3.93. The Hall–Kier alpha value is -4.08. The second kappa shape index (κ2) is 10.0. The molecule has 4 aromatic heterocycles. The van der Waals surface area contributed by atoms with Crippen LogP contribution in [0.1, 0.15) is 54.5 Å². The first-order valence-corrected chi connectivity index (χ1v) is 14.9. The number of hydrogen-bond acceptors (Lipinski definition) is 5. The second-order valence-corrected chi connectivity index (χ2v) is 12.0. The van der Waals surface area contributed by atoms with Gasteiger partial charge in [0.25, 0.3) is 5.56 Å². The fraction of sp³-hybridized carbons (Fsp3) is 0.364. The Morgan fingerprint density at radius 1 is 1.02 bits per heavy atom. The summed E-state index contributed by atoms with van der Waals surface area (Å²) in [5.74, 6) is 1.79. The number of benzene rings is 1. The first-order valence-electron chi connectivity index (χ1n) is 14.9. The summed E-state index contributed by atoms with van der Waals surface area (Å²) in [5, 5.41) is 1.02. The highest BCUT2D eigenvalue weighted by molar-refractivity contribution is 5.85. The zero-order valence-corrected chi connectivity index (χ0v) is 23.6. The Bertz CT molecular complexity index is 1870. The predicted molar refractivity (Wildman–Crippen MR) is 159 cm³/mol. The third-order valence-electron chi connectivity index (χ3n) is 8.83. The van der Waals surface area contributed by atoms with Crippen molar-refractivity contribution in [3.63, 3.8) is 0 Å². The molecule has 0 bridgehead atoms. The molecule has 0 unspecified atom stereocenters. The van der Waals surface area contributed by atoms with Crippen LogP contribution in [-0.4, -0.2) is 55.3 Å². The number of ether oxygens (including phenoxy) is 1. The molecule has 1 aliphatic heterocycles. The Labute approximate surface area is 242 Å². The molecule has 8 rings (SSSR count). The molecule has 3 fully saturated rings. The van der Waals surface area contributed by atoms with E-state index in [1.807, 2.05) is 30.1 Å². The van der Waals surface area contributed by atoms with Crippen LogP contribution in [0.2, 0.25) is 0 Å². The van der Waals surface area contributed by atoms with Crippen LogP contribution >= 0.6 is 0 Å². The molecular formula is C33H33FN6O2. The van der Waals surface area contributed by atoms with Crippen LogP contribution in [0.15, 0.2) is 59.8 Å². The highest BCUT2D eigenvalue weighted by Crippen LogP contribution is 2.44. The number of pyridine rings is 2. The largest absolute Gasteiger partial charge is 0.379 e. The van der Waals surface area contributed by atoms with Crippen LogP contribution in [0.3, 0.4) is 0 Å². The fourth-order valence-electron chi connectivity index (χ4n) is 6.25. The lowest BCUT2D eigenvalue weighted by molar-refractivity contribution is 0.0337. The highest BCUT2D eigenvalue weighted by atomic mass is 19.1. The minimum Gasteiger partial charge on any atom is -0.379 e. The summed E-state index contributed by atoms with van der Waals surface area (Å²) in [6, 6.07) is 11.1. The summed E-state index contributed by atoms with van der Waals surface area (Å²) in [5.41, 5.74) is 6.23. The normalized spacial score (nSPS) is 17.8.